The Balaban J connectivity index is 0.000000186. The van der Waals surface area contributed by atoms with Crippen LogP contribution in [0.25, 0.3) is 0 Å². The number of aliphatic hydroxyl groups excluding tert-OH is 3. The molecule has 12 nitrogen and oxygen atoms in total. The van der Waals surface area contributed by atoms with Crippen LogP contribution in [0.4, 0.5) is 0 Å². The van der Waals surface area contributed by atoms with E-state index < -0.39 is 26.1 Å². The van der Waals surface area contributed by atoms with Crippen molar-refractivity contribution in [1.29, 1.82) is 0 Å². The van der Waals surface area contributed by atoms with Crippen molar-refractivity contribution in [3.63, 3.8) is 0 Å². The summed E-state index contributed by atoms with van der Waals surface area (Å²) in [4.78, 5) is 57.0. The molecular weight excluding hydrogens is 925 g/mol. The molecule has 11 rings (SSSR count). The second kappa shape index (κ2) is 20.1. The highest BCUT2D eigenvalue weighted by Crippen LogP contribution is 2.62. The number of hydrogen-bond donors (Lipinski definition) is 3. The van der Waals surface area contributed by atoms with Gasteiger partial charge in [0.2, 0.25) is 0 Å². The van der Waals surface area contributed by atoms with Crippen molar-refractivity contribution in [3.8, 4) is 0 Å². The number of nitrogens with zero attached hydrogens (tertiary/aromatic N) is 4. The largest absolute Gasteiger partial charge is 0.392 e. The van der Waals surface area contributed by atoms with Gasteiger partial charge in [-0.1, -0.05) is 140 Å². The van der Waals surface area contributed by atoms with Crippen LogP contribution in [0, 0.1) is 0 Å². The monoisotopic (exact) mass is 978 g/mol. The number of amides is 4. The lowest BCUT2D eigenvalue weighted by Crippen LogP contribution is -2.73. The number of fused-ring (bicyclic) bond motifs is 8. The number of ether oxygens (including phenoxy) is 1. The fourth-order valence-corrected chi connectivity index (χ4v) is 16.4. The number of rotatable bonds is 13. The summed E-state index contributed by atoms with van der Waals surface area (Å²) >= 11 is 5.73. The number of carbonyl (C=O) groups excluding carboxylic acids is 4. The van der Waals surface area contributed by atoms with E-state index in [0.29, 0.717) is 19.4 Å². The van der Waals surface area contributed by atoms with E-state index >= 15 is 0 Å². The molecule has 6 saturated heterocycles. The van der Waals surface area contributed by atoms with Crippen molar-refractivity contribution in [2.45, 2.75) is 61.3 Å². The molecule has 6 atom stereocenters. The fraction of sp³-hybridized carbons (Fsp3) is 0.333. The van der Waals surface area contributed by atoms with Gasteiger partial charge in [-0.2, -0.15) is 0 Å². The Bertz CT molecular complexity index is 2570. The lowest BCUT2D eigenvalue weighted by Gasteiger charge is -2.51. The second-order valence-electron chi connectivity index (χ2n) is 17.0. The van der Waals surface area contributed by atoms with Gasteiger partial charge in [0.05, 0.1) is 42.2 Å². The first-order valence-electron chi connectivity index (χ1n) is 21.8. The summed E-state index contributed by atoms with van der Waals surface area (Å²) in [7, 11) is 6.73. The Kier molecular flexibility index (Phi) is 14.6. The average molecular weight is 979 g/mol. The minimum absolute atomic E-state index is 0.0388. The van der Waals surface area contributed by atoms with Crippen LogP contribution in [-0.2, 0) is 56.6 Å². The minimum Gasteiger partial charge on any atom is -0.392 e. The predicted octanol–water partition coefficient (Wildman–Crippen LogP) is 6.66. The van der Waals surface area contributed by atoms with E-state index in [9.17, 15) is 34.5 Å². The zero-order valence-electron chi connectivity index (χ0n) is 37.7. The third-order valence-corrected chi connectivity index (χ3v) is 20.0. The number of likely N-dealkylation sites (N-methyl/N-ethyl adjacent to an activating group) is 4. The summed E-state index contributed by atoms with van der Waals surface area (Å²) in [6.45, 7) is -0.128. The standard InChI is InChI=1S/C29H30N2O4S2.C22H24N2O4S2/c1-30-27(34)29(20-35-19-23-11-7-4-8-12-23)31(2)26(33)28(30,17-21-9-5-3-6-10-21)36-25(37-29)24-15-13-22(18-32)14-16-24;1-23-20(28)22(14-26)24(2)19(27)21(23,12-15-6-4-3-5-7-15)29-18(30-22)17-10-8-16(13-25)9-11-17/h3-16,25,32H,17-20H2,1-2H3;3-11,18,25-26H,12-14H2,1-2H3/t25?,28-,29-;18?,21-,22-/m00/s1. The van der Waals surface area contributed by atoms with E-state index in [2.05, 4.69) is 0 Å². The van der Waals surface area contributed by atoms with Gasteiger partial charge in [0.25, 0.3) is 23.6 Å². The molecule has 0 radical (unpaired) electrons. The third-order valence-electron chi connectivity index (χ3n) is 13.0. The summed E-state index contributed by atoms with van der Waals surface area (Å²) in [6.07, 6.45) is 0.772. The summed E-state index contributed by atoms with van der Waals surface area (Å²) in [6, 6.07) is 44.6. The number of benzene rings is 5. The van der Waals surface area contributed by atoms with E-state index in [0.717, 1.165) is 38.9 Å². The highest BCUT2D eigenvalue weighted by atomic mass is 32.2. The Morgan fingerprint density at radius 2 is 0.761 bits per heavy atom. The van der Waals surface area contributed by atoms with Crippen LogP contribution in [0.15, 0.2) is 140 Å². The van der Waals surface area contributed by atoms with Gasteiger partial charge in [0, 0.05) is 41.0 Å². The van der Waals surface area contributed by atoms with Crippen LogP contribution in [0.1, 0.15) is 48.1 Å². The molecule has 2 unspecified atom stereocenters. The molecule has 6 fully saturated rings. The smallest absolute Gasteiger partial charge is 0.262 e. The number of carbonyl (C=O) groups is 4. The molecule has 6 aliphatic rings. The van der Waals surface area contributed by atoms with Crippen LogP contribution in [0.3, 0.4) is 0 Å². The fourth-order valence-electron chi connectivity index (χ4n) is 8.89. The van der Waals surface area contributed by atoms with Crippen molar-refractivity contribution in [3.05, 3.63) is 178 Å². The zero-order valence-corrected chi connectivity index (χ0v) is 41.0. The summed E-state index contributed by atoms with van der Waals surface area (Å²) < 4.78 is 5.68. The van der Waals surface area contributed by atoms with Gasteiger partial charge in [-0.3, -0.25) is 19.2 Å². The van der Waals surface area contributed by atoms with Gasteiger partial charge in [0.1, 0.15) is 0 Å². The van der Waals surface area contributed by atoms with Gasteiger partial charge < -0.3 is 39.7 Å². The molecular formula is C51H54N4O8S4. The lowest BCUT2D eigenvalue weighted by atomic mass is 9.98. The summed E-state index contributed by atoms with van der Waals surface area (Å²) in [5, 5.41) is 29.2. The molecule has 4 amide bonds. The number of aliphatic hydroxyl groups is 3. The molecule has 350 valence electrons. The number of piperazine rings is 2. The Morgan fingerprint density at radius 3 is 1.16 bits per heavy atom. The maximum Gasteiger partial charge on any atom is 0.262 e. The molecule has 5 aromatic rings. The Hall–Kier alpha value is -4.78. The van der Waals surface area contributed by atoms with Crippen molar-refractivity contribution < 1.29 is 39.2 Å². The van der Waals surface area contributed by atoms with E-state index in [1.54, 1.807) is 38.0 Å². The van der Waals surface area contributed by atoms with Crippen molar-refractivity contribution in [2.24, 2.45) is 0 Å². The molecule has 3 N–H and O–H groups in total. The SMILES string of the molecule is CN1C(=O)[C@]2(Cc3ccccc3)SC(c3ccc(CO)cc3)S[C@@]1(CO)C(=O)N2C.CN1C(=O)[C@]2(Cc3ccccc3)SC(c3ccc(CO)cc3)S[C@@]1(COCc1ccccc1)C(=O)N2C. The highest BCUT2D eigenvalue weighted by Gasteiger charge is 2.67. The molecule has 5 aromatic carbocycles. The van der Waals surface area contributed by atoms with E-state index in [1.165, 1.54) is 56.8 Å². The van der Waals surface area contributed by atoms with Crippen LogP contribution in [0.2, 0.25) is 0 Å². The first kappa shape index (κ1) is 48.7. The van der Waals surface area contributed by atoms with Crippen molar-refractivity contribution in [1.82, 2.24) is 19.6 Å². The highest BCUT2D eigenvalue weighted by molar-refractivity contribution is 8.19. The zero-order chi connectivity index (χ0) is 47.6. The molecule has 67 heavy (non-hydrogen) atoms. The van der Waals surface area contributed by atoms with Gasteiger partial charge in [-0.25, -0.2) is 0 Å². The Labute approximate surface area is 408 Å². The normalized spacial score (nSPS) is 26.9. The first-order valence-corrected chi connectivity index (χ1v) is 25.3. The van der Waals surface area contributed by atoms with Crippen LogP contribution >= 0.6 is 47.0 Å². The average Bonchev–Trinajstić information content (AvgIpc) is 3.63. The maximum atomic E-state index is 14.2. The van der Waals surface area contributed by atoms with Gasteiger partial charge in [0.15, 0.2) is 19.5 Å². The predicted molar refractivity (Wildman–Crippen MR) is 266 cm³/mol. The summed E-state index contributed by atoms with van der Waals surface area (Å²) in [5.74, 6) is -0.691. The number of thioether (sulfide) groups is 4. The molecule has 4 bridgehead atoms. The van der Waals surface area contributed by atoms with Gasteiger partial charge in [-0.05, 0) is 38.9 Å². The lowest BCUT2D eigenvalue weighted by molar-refractivity contribution is -0.166. The van der Waals surface area contributed by atoms with E-state index in [1.807, 2.05) is 140 Å². The third kappa shape index (κ3) is 8.91. The van der Waals surface area contributed by atoms with E-state index in [4.69, 9.17) is 4.74 Å². The number of hydrogen-bond acceptors (Lipinski definition) is 12. The minimum atomic E-state index is -1.37. The van der Waals surface area contributed by atoms with E-state index in [-0.39, 0.29) is 52.6 Å². The molecule has 16 heteroatoms. The van der Waals surface area contributed by atoms with Crippen LogP contribution in [-0.4, -0.2) is 119 Å². The van der Waals surface area contributed by atoms with Gasteiger partial charge >= 0.3 is 0 Å². The molecule has 0 spiro atoms. The van der Waals surface area contributed by atoms with Crippen molar-refractivity contribution >= 4 is 70.7 Å². The van der Waals surface area contributed by atoms with Crippen molar-refractivity contribution in [2.75, 3.05) is 41.4 Å². The Morgan fingerprint density at radius 1 is 0.433 bits per heavy atom. The van der Waals surface area contributed by atoms with Gasteiger partial charge in [-0.15, -0.1) is 47.0 Å². The maximum absolute atomic E-state index is 14.2. The van der Waals surface area contributed by atoms with Crippen LogP contribution < -0.4 is 0 Å². The topological polar surface area (TPSA) is 151 Å². The summed E-state index contributed by atoms with van der Waals surface area (Å²) in [5.41, 5.74) is 6.49. The molecule has 0 saturated carbocycles. The quantitative estimate of drug-likeness (QED) is 0.116. The molecule has 6 heterocycles. The molecule has 0 aliphatic carbocycles. The second-order valence-corrected chi connectivity index (χ2v) is 23.1. The molecule has 6 aliphatic heterocycles. The first-order chi connectivity index (χ1) is 32.3. The van der Waals surface area contributed by atoms with Crippen LogP contribution in [0.5, 0.6) is 0 Å². The molecule has 0 aromatic heterocycles.